The van der Waals surface area contributed by atoms with Gasteiger partial charge in [0.2, 0.25) is 0 Å². The maximum atomic E-state index is 11.0. The lowest BCUT2D eigenvalue weighted by atomic mass is 9.94. The van der Waals surface area contributed by atoms with Crippen molar-refractivity contribution in [1.82, 2.24) is 0 Å². The van der Waals surface area contributed by atoms with Crippen molar-refractivity contribution in [3.63, 3.8) is 0 Å². The quantitative estimate of drug-likeness (QED) is 0.0646. The van der Waals surface area contributed by atoms with E-state index in [1.807, 2.05) is 12.1 Å². The van der Waals surface area contributed by atoms with Crippen molar-refractivity contribution in [2.75, 3.05) is 19.5 Å². The van der Waals surface area contributed by atoms with Crippen molar-refractivity contribution in [2.24, 2.45) is 0 Å². The third-order valence-electron chi connectivity index (χ3n) is 9.95. The highest BCUT2D eigenvalue weighted by Gasteiger charge is 2.53. The van der Waals surface area contributed by atoms with E-state index in [2.05, 4.69) is 48.5 Å². The molecule has 2 aliphatic heterocycles. The zero-order valence-electron chi connectivity index (χ0n) is 30.2. The molecular weight excluding hydrogens is 637 g/mol. The standard InChI is InChI=1S/C41H64O7S/c1-49(42,43)46-33-23-12-10-8-6-4-2-3-5-7-9-11-21-30-41-31-29-38(45-35-37-26-18-14-19-27-37)40(48-41)39(47-41)28-20-15-22-32-44-34-36-24-16-13-17-25-36/h13-14,16-19,24-27,38-40H,2-12,15,20-23,28-35H2,1H3/t38-,39-,40-,41+/m1/s1. The Labute approximate surface area is 297 Å². The van der Waals surface area contributed by atoms with Gasteiger partial charge in [0.15, 0.2) is 5.79 Å². The lowest BCUT2D eigenvalue weighted by molar-refractivity contribution is -0.221. The molecule has 276 valence electrons. The molecule has 0 unspecified atom stereocenters. The SMILES string of the molecule is CS(=O)(=O)OCCCCCCCCCCCCCCC[C@@]12CC[C@@H](OCc3ccccc3)[C@@H](O1)[C@@H](CCCCCOCc1ccccc1)O2. The van der Waals surface area contributed by atoms with E-state index >= 15 is 0 Å². The molecule has 49 heavy (non-hydrogen) atoms. The minimum atomic E-state index is -3.29. The number of hydrogen-bond donors (Lipinski definition) is 0. The molecule has 0 saturated carbocycles. The maximum absolute atomic E-state index is 11.0. The molecule has 2 aliphatic rings. The number of benzene rings is 2. The summed E-state index contributed by atoms with van der Waals surface area (Å²) in [7, 11) is -3.29. The molecule has 2 bridgehead atoms. The molecule has 2 aromatic rings. The predicted octanol–water partition coefficient (Wildman–Crippen LogP) is 10.1. The average Bonchev–Trinajstić information content (AvgIpc) is 3.39. The fraction of sp³-hybridized carbons (Fsp3) is 0.707. The Morgan fingerprint density at radius 1 is 0.653 bits per heavy atom. The van der Waals surface area contributed by atoms with E-state index in [4.69, 9.17) is 23.1 Å². The van der Waals surface area contributed by atoms with E-state index in [0.29, 0.717) is 19.8 Å². The maximum Gasteiger partial charge on any atom is 0.264 e. The van der Waals surface area contributed by atoms with Crippen molar-refractivity contribution < 1.29 is 31.5 Å². The first-order chi connectivity index (χ1) is 23.9. The zero-order valence-corrected chi connectivity index (χ0v) is 31.1. The van der Waals surface area contributed by atoms with Gasteiger partial charge in [0.1, 0.15) is 6.10 Å². The number of rotatable bonds is 28. The summed E-state index contributed by atoms with van der Waals surface area (Å²) in [5.74, 6) is -0.429. The molecule has 0 N–H and O–H groups in total. The molecule has 0 spiro atoms. The van der Waals surface area contributed by atoms with E-state index < -0.39 is 15.9 Å². The van der Waals surface area contributed by atoms with Crippen LogP contribution in [0, 0.1) is 0 Å². The Balaban J connectivity index is 1.06. The van der Waals surface area contributed by atoms with Gasteiger partial charge >= 0.3 is 0 Å². The highest BCUT2D eigenvalue weighted by molar-refractivity contribution is 7.85. The molecule has 0 aromatic heterocycles. The topological polar surface area (TPSA) is 80.3 Å². The van der Waals surface area contributed by atoms with Gasteiger partial charge in [-0.2, -0.15) is 8.42 Å². The van der Waals surface area contributed by atoms with Gasteiger partial charge < -0.3 is 18.9 Å². The average molecular weight is 701 g/mol. The van der Waals surface area contributed by atoms with Crippen LogP contribution in [0.5, 0.6) is 0 Å². The Bertz CT molecular complexity index is 1220. The Hall–Kier alpha value is -1.81. The Kier molecular flexibility index (Phi) is 18.7. The number of fused-ring (bicyclic) bond motifs is 2. The van der Waals surface area contributed by atoms with Gasteiger partial charge in [-0.25, -0.2) is 0 Å². The van der Waals surface area contributed by atoms with Crippen molar-refractivity contribution in [3.8, 4) is 0 Å². The smallest absolute Gasteiger partial charge is 0.264 e. The lowest BCUT2D eigenvalue weighted by Crippen LogP contribution is -2.43. The Morgan fingerprint density at radius 2 is 1.18 bits per heavy atom. The van der Waals surface area contributed by atoms with Crippen LogP contribution in [-0.4, -0.2) is 52.0 Å². The molecule has 2 heterocycles. The monoisotopic (exact) mass is 700 g/mol. The molecular formula is C41H64O7S. The van der Waals surface area contributed by atoms with Gasteiger partial charge in [0, 0.05) is 19.4 Å². The van der Waals surface area contributed by atoms with Crippen LogP contribution in [0.4, 0.5) is 0 Å². The molecule has 2 saturated heterocycles. The summed E-state index contributed by atoms with van der Waals surface area (Å²) in [6, 6.07) is 20.8. The summed E-state index contributed by atoms with van der Waals surface area (Å²) in [4.78, 5) is 0. The molecule has 4 atom stereocenters. The van der Waals surface area contributed by atoms with Crippen LogP contribution >= 0.6 is 0 Å². The van der Waals surface area contributed by atoms with E-state index in [1.54, 1.807) is 0 Å². The zero-order chi connectivity index (χ0) is 34.5. The second-order valence-corrected chi connectivity index (χ2v) is 15.9. The first kappa shape index (κ1) is 40.0. The van der Waals surface area contributed by atoms with E-state index in [-0.39, 0.29) is 18.3 Å². The van der Waals surface area contributed by atoms with Crippen molar-refractivity contribution in [2.45, 2.75) is 166 Å². The molecule has 0 amide bonds. The molecule has 2 fully saturated rings. The van der Waals surface area contributed by atoms with Crippen LogP contribution in [0.2, 0.25) is 0 Å². The highest BCUT2D eigenvalue weighted by Crippen LogP contribution is 2.45. The fourth-order valence-electron chi connectivity index (χ4n) is 7.22. The first-order valence-corrected chi connectivity index (χ1v) is 21.2. The van der Waals surface area contributed by atoms with Gasteiger partial charge in [-0.15, -0.1) is 0 Å². The molecule has 0 aliphatic carbocycles. The summed E-state index contributed by atoms with van der Waals surface area (Å²) in [6.07, 6.45) is 24.3. The number of hydrogen-bond acceptors (Lipinski definition) is 7. The second-order valence-electron chi connectivity index (χ2n) is 14.3. The van der Waals surface area contributed by atoms with Crippen LogP contribution < -0.4 is 0 Å². The van der Waals surface area contributed by atoms with E-state index in [0.717, 1.165) is 83.5 Å². The summed E-state index contributed by atoms with van der Waals surface area (Å²) in [5, 5.41) is 0. The summed E-state index contributed by atoms with van der Waals surface area (Å²) in [5.41, 5.74) is 2.43. The third kappa shape index (κ3) is 16.4. The Morgan fingerprint density at radius 3 is 1.80 bits per heavy atom. The molecule has 0 radical (unpaired) electrons. The largest absolute Gasteiger partial charge is 0.377 e. The predicted molar refractivity (Wildman–Crippen MR) is 197 cm³/mol. The molecule has 2 aromatic carbocycles. The second kappa shape index (κ2) is 22.9. The van der Waals surface area contributed by atoms with Crippen molar-refractivity contribution in [3.05, 3.63) is 71.8 Å². The van der Waals surface area contributed by atoms with E-state index in [9.17, 15) is 8.42 Å². The highest BCUT2D eigenvalue weighted by atomic mass is 32.2. The summed E-state index contributed by atoms with van der Waals surface area (Å²) < 4.78 is 52.7. The van der Waals surface area contributed by atoms with Crippen LogP contribution in [0.3, 0.4) is 0 Å². The van der Waals surface area contributed by atoms with Crippen LogP contribution in [-0.2, 0) is 46.5 Å². The minimum Gasteiger partial charge on any atom is -0.377 e. The summed E-state index contributed by atoms with van der Waals surface area (Å²) >= 11 is 0. The van der Waals surface area contributed by atoms with Crippen LogP contribution in [0.15, 0.2) is 60.7 Å². The molecule has 8 heteroatoms. The lowest BCUT2D eigenvalue weighted by Gasteiger charge is -2.35. The number of unbranched alkanes of at least 4 members (excludes halogenated alkanes) is 14. The summed E-state index contributed by atoms with van der Waals surface area (Å²) in [6.45, 7) is 2.41. The first-order valence-electron chi connectivity index (χ1n) is 19.4. The fourth-order valence-corrected chi connectivity index (χ4v) is 7.64. The third-order valence-corrected chi connectivity index (χ3v) is 10.5. The minimum absolute atomic E-state index is 0.0145. The molecule has 4 rings (SSSR count). The van der Waals surface area contributed by atoms with Crippen molar-refractivity contribution >= 4 is 10.1 Å². The van der Waals surface area contributed by atoms with Crippen LogP contribution in [0.1, 0.15) is 140 Å². The van der Waals surface area contributed by atoms with Gasteiger partial charge in [0.05, 0.1) is 38.3 Å². The molecule has 7 nitrogen and oxygen atoms in total. The van der Waals surface area contributed by atoms with Gasteiger partial charge in [-0.1, -0.05) is 144 Å². The van der Waals surface area contributed by atoms with Gasteiger partial charge in [-0.05, 0) is 43.2 Å². The number of ether oxygens (including phenoxy) is 4. The van der Waals surface area contributed by atoms with Crippen molar-refractivity contribution in [1.29, 1.82) is 0 Å². The van der Waals surface area contributed by atoms with Crippen LogP contribution in [0.25, 0.3) is 0 Å². The normalized spacial score (nSPS) is 22.1. The van der Waals surface area contributed by atoms with Gasteiger partial charge in [-0.3, -0.25) is 4.18 Å². The van der Waals surface area contributed by atoms with E-state index in [1.165, 1.54) is 68.9 Å². The van der Waals surface area contributed by atoms with Gasteiger partial charge in [0.25, 0.3) is 10.1 Å².